The van der Waals surface area contributed by atoms with Crippen molar-refractivity contribution in [1.29, 1.82) is 0 Å². The van der Waals surface area contributed by atoms with Gasteiger partial charge in [-0.3, -0.25) is 4.79 Å². The van der Waals surface area contributed by atoms with Gasteiger partial charge >= 0.3 is 0 Å². The van der Waals surface area contributed by atoms with Crippen LogP contribution in [0.4, 0.5) is 4.39 Å². The van der Waals surface area contributed by atoms with E-state index in [1.165, 1.54) is 12.1 Å². The molecule has 0 spiro atoms. The molecule has 1 aliphatic heterocycles. The van der Waals surface area contributed by atoms with Gasteiger partial charge in [0.05, 0.1) is 23.4 Å². The minimum absolute atomic E-state index is 0.124. The van der Waals surface area contributed by atoms with Crippen molar-refractivity contribution in [3.63, 3.8) is 0 Å². The van der Waals surface area contributed by atoms with Crippen LogP contribution in [-0.4, -0.2) is 28.2 Å². The van der Waals surface area contributed by atoms with Crippen LogP contribution < -0.4 is 5.32 Å². The first-order valence-corrected chi connectivity index (χ1v) is 8.78. The van der Waals surface area contributed by atoms with Gasteiger partial charge in [0.25, 0.3) is 0 Å². The van der Waals surface area contributed by atoms with E-state index in [4.69, 9.17) is 4.74 Å². The molecule has 26 heavy (non-hydrogen) atoms. The van der Waals surface area contributed by atoms with Crippen LogP contribution in [0.25, 0.3) is 11.0 Å². The van der Waals surface area contributed by atoms with Crippen LogP contribution in [0, 0.1) is 5.82 Å². The van der Waals surface area contributed by atoms with Crippen LogP contribution in [0.3, 0.4) is 0 Å². The minimum atomic E-state index is -0.405. The van der Waals surface area contributed by atoms with Gasteiger partial charge in [0.2, 0.25) is 5.91 Å². The number of nitrogens with one attached hydrogen (secondary N) is 1. The second-order valence-electron chi connectivity index (χ2n) is 6.50. The van der Waals surface area contributed by atoms with Gasteiger partial charge in [0.15, 0.2) is 0 Å². The van der Waals surface area contributed by atoms with Gasteiger partial charge in [0, 0.05) is 13.2 Å². The Labute approximate surface area is 150 Å². The number of hydrogen-bond donors (Lipinski definition) is 1. The number of aromatic nitrogens is 2. The van der Waals surface area contributed by atoms with E-state index in [0.717, 1.165) is 29.4 Å². The van der Waals surface area contributed by atoms with Crippen molar-refractivity contribution < 1.29 is 13.9 Å². The number of hydrogen-bond acceptors (Lipinski definition) is 3. The first-order valence-electron chi connectivity index (χ1n) is 8.78. The molecule has 3 aromatic rings. The lowest BCUT2D eigenvalue weighted by molar-refractivity contribution is -0.130. The summed E-state index contributed by atoms with van der Waals surface area (Å²) in [6.07, 6.45) is 2.98. The van der Waals surface area contributed by atoms with Crippen molar-refractivity contribution in [2.45, 2.75) is 31.5 Å². The maximum absolute atomic E-state index is 13.3. The van der Waals surface area contributed by atoms with Gasteiger partial charge < -0.3 is 14.6 Å². The van der Waals surface area contributed by atoms with Gasteiger partial charge in [-0.25, -0.2) is 9.37 Å². The molecule has 1 saturated heterocycles. The number of carbonyl (C=O) groups excluding carboxylic acids is 1. The standard InChI is InChI=1S/C20H20FN3O2/c21-15-9-7-14(8-10-15)17(23-20(25)19-6-3-11-26-19)12-24-13-22-16-4-1-2-5-18(16)24/h1-2,4-5,7-10,13,17,19H,3,6,11-12H2,(H,23,25). The van der Waals surface area contributed by atoms with E-state index in [1.54, 1.807) is 18.5 Å². The van der Waals surface area contributed by atoms with E-state index in [2.05, 4.69) is 10.3 Å². The summed E-state index contributed by atoms with van der Waals surface area (Å²) in [6, 6.07) is 13.8. The monoisotopic (exact) mass is 353 g/mol. The number of benzene rings is 2. The molecule has 5 nitrogen and oxygen atoms in total. The predicted molar refractivity (Wildman–Crippen MR) is 96.0 cm³/mol. The Morgan fingerprint density at radius 1 is 1.27 bits per heavy atom. The third-order valence-electron chi connectivity index (χ3n) is 4.72. The fourth-order valence-corrected chi connectivity index (χ4v) is 3.33. The number of amides is 1. The largest absolute Gasteiger partial charge is 0.368 e. The van der Waals surface area contributed by atoms with E-state index < -0.39 is 6.10 Å². The van der Waals surface area contributed by atoms with Gasteiger partial charge in [-0.15, -0.1) is 0 Å². The van der Waals surface area contributed by atoms with Crippen LogP contribution in [0.15, 0.2) is 54.9 Å². The highest BCUT2D eigenvalue weighted by molar-refractivity contribution is 5.81. The quantitative estimate of drug-likeness (QED) is 0.766. The zero-order valence-corrected chi connectivity index (χ0v) is 14.3. The van der Waals surface area contributed by atoms with Gasteiger partial charge in [-0.1, -0.05) is 24.3 Å². The molecule has 2 aromatic carbocycles. The first-order chi connectivity index (χ1) is 12.7. The minimum Gasteiger partial charge on any atom is -0.368 e. The van der Waals surface area contributed by atoms with Crippen LogP contribution in [0.2, 0.25) is 0 Å². The SMILES string of the molecule is O=C(NC(Cn1cnc2ccccc21)c1ccc(F)cc1)C1CCCO1. The molecule has 0 aliphatic carbocycles. The summed E-state index contributed by atoms with van der Waals surface area (Å²) in [4.78, 5) is 17.0. The lowest BCUT2D eigenvalue weighted by Gasteiger charge is -2.22. The predicted octanol–water partition coefficient (Wildman–Crippen LogP) is 3.21. The maximum atomic E-state index is 13.3. The Morgan fingerprint density at radius 3 is 2.85 bits per heavy atom. The zero-order chi connectivity index (χ0) is 17.9. The molecular formula is C20H20FN3O2. The van der Waals surface area contributed by atoms with Crippen molar-refractivity contribution in [2.24, 2.45) is 0 Å². The summed E-state index contributed by atoms with van der Waals surface area (Å²) in [6.45, 7) is 1.12. The second kappa shape index (κ2) is 7.25. The van der Waals surface area contributed by atoms with Crippen molar-refractivity contribution in [1.82, 2.24) is 14.9 Å². The van der Waals surface area contributed by atoms with Gasteiger partial charge in [-0.2, -0.15) is 0 Å². The summed E-state index contributed by atoms with van der Waals surface area (Å²) in [7, 11) is 0. The average molecular weight is 353 g/mol. The molecule has 1 aromatic heterocycles. The summed E-state index contributed by atoms with van der Waals surface area (Å²) >= 11 is 0. The number of halogens is 1. The molecule has 2 unspecified atom stereocenters. The molecular weight excluding hydrogens is 333 g/mol. The molecule has 1 N–H and O–H groups in total. The number of rotatable bonds is 5. The van der Waals surface area contributed by atoms with Crippen molar-refractivity contribution >= 4 is 16.9 Å². The number of imidazole rings is 1. The highest BCUT2D eigenvalue weighted by Crippen LogP contribution is 2.21. The number of fused-ring (bicyclic) bond motifs is 1. The van der Waals surface area contributed by atoms with Gasteiger partial charge in [-0.05, 0) is 42.7 Å². The Balaban J connectivity index is 1.61. The van der Waals surface area contributed by atoms with Crippen LogP contribution in [0.1, 0.15) is 24.4 Å². The summed E-state index contributed by atoms with van der Waals surface area (Å²) < 4.78 is 20.8. The smallest absolute Gasteiger partial charge is 0.249 e. The molecule has 4 rings (SSSR count). The number of carbonyl (C=O) groups is 1. The molecule has 2 atom stereocenters. The van der Waals surface area contributed by atoms with Crippen LogP contribution in [-0.2, 0) is 16.1 Å². The highest BCUT2D eigenvalue weighted by Gasteiger charge is 2.26. The average Bonchev–Trinajstić information content (AvgIpc) is 3.32. The molecule has 1 fully saturated rings. The second-order valence-corrected chi connectivity index (χ2v) is 6.50. The summed E-state index contributed by atoms with van der Waals surface area (Å²) in [5.41, 5.74) is 2.73. The maximum Gasteiger partial charge on any atom is 0.249 e. The Morgan fingerprint density at radius 2 is 2.08 bits per heavy atom. The third kappa shape index (κ3) is 3.46. The third-order valence-corrected chi connectivity index (χ3v) is 4.72. The molecule has 0 saturated carbocycles. The molecule has 0 bridgehead atoms. The van der Waals surface area contributed by atoms with Crippen molar-refractivity contribution in [3.8, 4) is 0 Å². The molecule has 1 amide bonds. The lowest BCUT2D eigenvalue weighted by Crippen LogP contribution is -2.38. The van der Waals surface area contributed by atoms with Crippen molar-refractivity contribution in [2.75, 3.05) is 6.61 Å². The highest BCUT2D eigenvalue weighted by atomic mass is 19.1. The molecule has 134 valence electrons. The van der Waals surface area contributed by atoms with Gasteiger partial charge in [0.1, 0.15) is 11.9 Å². The summed E-state index contributed by atoms with van der Waals surface area (Å²) in [5.74, 6) is -0.424. The fourth-order valence-electron chi connectivity index (χ4n) is 3.33. The molecule has 0 radical (unpaired) electrons. The number of ether oxygens (including phenoxy) is 1. The Kier molecular flexibility index (Phi) is 4.67. The molecule has 2 heterocycles. The normalized spacial score (nSPS) is 18.1. The number of nitrogens with zero attached hydrogens (tertiary/aromatic N) is 2. The molecule has 6 heteroatoms. The fraction of sp³-hybridized carbons (Fsp3) is 0.300. The first kappa shape index (κ1) is 16.7. The van der Waals surface area contributed by atoms with Crippen LogP contribution in [0.5, 0.6) is 0 Å². The Hall–Kier alpha value is -2.73. The van der Waals surface area contributed by atoms with E-state index in [-0.39, 0.29) is 17.8 Å². The van der Waals surface area contributed by atoms with E-state index >= 15 is 0 Å². The van der Waals surface area contributed by atoms with E-state index in [0.29, 0.717) is 13.2 Å². The zero-order valence-electron chi connectivity index (χ0n) is 14.3. The Bertz CT molecular complexity index is 901. The number of para-hydroxylation sites is 2. The lowest BCUT2D eigenvalue weighted by atomic mass is 10.1. The van der Waals surface area contributed by atoms with E-state index in [9.17, 15) is 9.18 Å². The summed E-state index contributed by atoms with van der Waals surface area (Å²) in [5, 5.41) is 3.06. The molecule has 1 aliphatic rings. The topological polar surface area (TPSA) is 56.2 Å². The van der Waals surface area contributed by atoms with Crippen LogP contribution >= 0.6 is 0 Å². The van der Waals surface area contributed by atoms with Crippen molar-refractivity contribution in [3.05, 3.63) is 66.2 Å². The van der Waals surface area contributed by atoms with E-state index in [1.807, 2.05) is 28.8 Å².